The lowest BCUT2D eigenvalue weighted by Crippen LogP contribution is -2.40. The van der Waals surface area contributed by atoms with Gasteiger partial charge < -0.3 is 15.8 Å². The summed E-state index contributed by atoms with van der Waals surface area (Å²) < 4.78 is 5.60. The van der Waals surface area contributed by atoms with Crippen molar-refractivity contribution in [3.05, 3.63) is 30.3 Å². The van der Waals surface area contributed by atoms with E-state index in [-0.39, 0.29) is 30.3 Å². The fraction of sp³-hybridized carbons (Fsp3) is 0.562. The molecule has 21 heavy (non-hydrogen) atoms. The molecule has 1 saturated carbocycles. The summed E-state index contributed by atoms with van der Waals surface area (Å²) in [7, 11) is 0. The number of hydrogen-bond donors (Lipinski definition) is 2. The maximum atomic E-state index is 11.9. The van der Waals surface area contributed by atoms with Gasteiger partial charge in [-0.1, -0.05) is 25.1 Å². The molecule has 5 heteroatoms. The molecule has 2 atom stereocenters. The highest BCUT2D eigenvalue weighted by molar-refractivity contribution is 5.85. The molecule has 0 spiro atoms. The van der Waals surface area contributed by atoms with Gasteiger partial charge in [0.1, 0.15) is 5.75 Å². The van der Waals surface area contributed by atoms with Crippen molar-refractivity contribution in [3.8, 4) is 5.75 Å². The lowest BCUT2D eigenvalue weighted by molar-refractivity contribution is -0.124. The van der Waals surface area contributed by atoms with Gasteiger partial charge >= 0.3 is 0 Å². The van der Waals surface area contributed by atoms with Gasteiger partial charge in [-0.25, -0.2) is 0 Å². The molecule has 118 valence electrons. The summed E-state index contributed by atoms with van der Waals surface area (Å²) in [6, 6.07) is 9.77. The molecule has 0 aliphatic heterocycles. The van der Waals surface area contributed by atoms with Gasteiger partial charge in [0.15, 0.2) is 0 Å². The topological polar surface area (TPSA) is 64.3 Å². The number of nitrogens with two attached hydrogens (primary N) is 1. The molecule has 1 aliphatic carbocycles. The largest absolute Gasteiger partial charge is 0.494 e. The molecule has 0 bridgehead atoms. The van der Waals surface area contributed by atoms with Crippen LogP contribution in [0.4, 0.5) is 0 Å². The summed E-state index contributed by atoms with van der Waals surface area (Å²) in [6.07, 6.45) is 3.12. The Morgan fingerprint density at radius 3 is 2.67 bits per heavy atom. The Kier molecular flexibility index (Phi) is 7.54. The Morgan fingerprint density at radius 2 is 2.05 bits per heavy atom. The lowest BCUT2D eigenvalue weighted by atomic mass is 10.1. The molecule has 2 unspecified atom stereocenters. The van der Waals surface area contributed by atoms with Gasteiger partial charge in [-0.05, 0) is 37.3 Å². The molecular formula is C16H25ClN2O2. The molecule has 4 nitrogen and oxygen atoms in total. The standard InChI is InChI=1S/C16H24N2O2.ClH/c1-12(9-10-20-14-5-3-2-4-6-14)16(19)18-11-15(17)13-7-8-13;/h2-6,12-13,15H,7-11,17H2,1H3,(H,18,19);1H. The Bertz CT molecular complexity index is 424. The molecule has 1 fully saturated rings. The smallest absolute Gasteiger partial charge is 0.223 e. The SMILES string of the molecule is CC(CCOc1ccccc1)C(=O)NCC(N)C1CC1.Cl. The predicted molar refractivity (Wildman–Crippen MR) is 86.7 cm³/mol. The lowest BCUT2D eigenvalue weighted by Gasteiger charge is -2.15. The zero-order valence-corrected chi connectivity index (χ0v) is 13.3. The van der Waals surface area contributed by atoms with Gasteiger partial charge in [0.25, 0.3) is 0 Å². The third-order valence-corrected chi connectivity index (χ3v) is 3.75. The van der Waals surface area contributed by atoms with Crippen molar-refractivity contribution in [2.24, 2.45) is 17.6 Å². The van der Waals surface area contributed by atoms with E-state index in [1.807, 2.05) is 37.3 Å². The molecule has 2 rings (SSSR count). The highest BCUT2D eigenvalue weighted by Crippen LogP contribution is 2.31. The number of hydrogen-bond acceptors (Lipinski definition) is 3. The summed E-state index contributed by atoms with van der Waals surface area (Å²) >= 11 is 0. The fourth-order valence-electron chi connectivity index (χ4n) is 2.09. The first-order chi connectivity index (χ1) is 9.66. The number of benzene rings is 1. The van der Waals surface area contributed by atoms with E-state index in [1.54, 1.807) is 0 Å². The number of rotatable bonds is 8. The van der Waals surface area contributed by atoms with Crippen LogP contribution < -0.4 is 15.8 Å². The number of para-hydroxylation sites is 1. The zero-order chi connectivity index (χ0) is 14.4. The van der Waals surface area contributed by atoms with Crippen molar-refractivity contribution in [2.75, 3.05) is 13.2 Å². The van der Waals surface area contributed by atoms with Crippen LogP contribution in [-0.2, 0) is 4.79 Å². The number of amides is 1. The Balaban J connectivity index is 0.00000220. The van der Waals surface area contributed by atoms with E-state index in [0.717, 1.165) is 5.75 Å². The van der Waals surface area contributed by atoms with Crippen molar-refractivity contribution in [1.82, 2.24) is 5.32 Å². The van der Waals surface area contributed by atoms with Gasteiger partial charge in [-0.15, -0.1) is 12.4 Å². The molecule has 3 N–H and O–H groups in total. The number of nitrogens with one attached hydrogen (secondary N) is 1. The Hall–Kier alpha value is -1.26. The van der Waals surface area contributed by atoms with E-state index in [1.165, 1.54) is 12.8 Å². The van der Waals surface area contributed by atoms with Crippen LogP contribution in [0.25, 0.3) is 0 Å². The van der Waals surface area contributed by atoms with E-state index < -0.39 is 0 Å². The average Bonchev–Trinajstić information content (AvgIpc) is 3.30. The molecular weight excluding hydrogens is 288 g/mol. The Morgan fingerprint density at radius 1 is 1.38 bits per heavy atom. The second-order valence-corrected chi connectivity index (χ2v) is 5.60. The molecule has 1 aliphatic rings. The molecule has 1 aromatic carbocycles. The van der Waals surface area contributed by atoms with E-state index in [4.69, 9.17) is 10.5 Å². The minimum atomic E-state index is -0.0508. The van der Waals surface area contributed by atoms with Gasteiger partial charge in [-0.2, -0.15) is 0 Å². The molecule has 0 heterocycles. The van der Waals surface area contributed by atoms with Crippen LogP contribution in [0.2, 0.25) is 0 Å². The first-order valence-corrected chi connectivity index (χ1v) is 7.38. The van der Waals surface area contributed by atoms with E-state index >= 15 is 0 Å². The predicted octanol–water partition coefficient (Wildman–Crippen LogP) is 2.37. The Labute approximate surface area is 132 Å². The highest BCUT2D eigenvalue weighted by atomic mass is 35.5. The summed E-state index contributed by atoms with van der Waals surface area (Å²) in [5.74, 6) is 1.48. The average molecular weight is 313 g/mol. The van der Waals surface area contributed by atoms with E-state index in [0.29, 0.717) is 25.5 Å². The third kappa shape index (κ3) is 6.36. The normalized spacial score (nSPS) is 16.5. The van der Waals surface area contributed by atoms with Crippen molar-refractivity contribution < 1.29 is 9.53 Å². The van der Waals surface area contributed by atoms with Crippen molar-refractivity contribution in [2.45, 2.75) is 32.2 Å². The van der Waals surface area contributed by atoms with Crippen LogP contribution in [-0.4, -0.2) is 25.1 Å². The minimum Gasteiger partial charge on any atom is -0.494 e. The van der Waals surface area contributed by atoms with E-state index in [2.05, 4.69) is 5.32 Å². The highest BCUT2D eigenvalue weighted by Gasteiger charge is 2.28. The first kappa shape index (κ1) is 17.8. The van der Waals surface area contributed by atoms with Crippen LogP contribution in [0.1, 0.15) is 26.2 Å². The molecule has 0 radical (unpaired) electrons. The van der Waals surface area contributed by atoms with Gasteiger partial charge in [0, 0.05) is 18.5 Å². The van der Waals surface area contributed by atoms with Crippen LogP contribution >= 0.6 is 12.4 Å². The fourth-order valence-corrected chi connectivity index (χ4v) is 2.09. The van der Waals surface area contributed by atoms with Gasteiger partial charge in [-0.3, -0.25) is 4.79 Å². The number of carbonyl (C=O) groups is 1. The van der Waals surface area contributed by atoms with Crippen molar-refractivity contribution in [3.63, 3.8) is 0 Å². The summed E-state index contributed by atoms with van der Waals surface area (Å²) in [6.45, 7) is 3.06. The quantitative estimate of drug-likeness (QED) is 0.774. The van der Waals surface area contributed by atoms with Crippen LogP contribution in [0, 0.1) is 11.8 Å². The molecule has 1 amide bonds. The maximum Gasteiger partial charge on any atom is 0.223 e. The second kappa shape index (κ2) is 8.90. The molecule has 0 aromatic heterocycles. The minimum absolute atomic E-state index is 0. The number of ether oxygens (including phenoxy) is 1. The number of halogens is 1. The summed E-state index contributed by atoms with van der Waals surface area (Å²) in [5.41, 5.74) is 5.96. The molecule has 1 aromatic rings. The van der Waals surface area contributed by atoms with Crippen LogP contribution in [0.15, 0.2) is 30.3 Å². The third-order valence-electron chi connectivity index (χ3n) is 3.75. The zero-order valence-electron chi connectivity index (χ0n) is 12.5. The van der Waals surface area contributed by atoms with Crippen LogP contribution in [0.5, 0.6) is 5.75 Å². The molecule has 0 saturated heterocycles. The van der Waals surface area contributed by atoms with E-state index in [9.17, 15) is 4.79 Å². The summed E-state index contributed by atoms with van der Waals surface area (Å²) in [5, 5.41) is 2.93. The van der Waals surface area contributed by atoms with Crippen molar-refractivity contribution in [1.29, 1.82) is 0 Å². The first-order valence-electron chi connectivity index (χ1n) is 7.38. The van der Waals surface area contributed by atoms with Gasteiger partial charge in [0.05, 0.1) is 6.61 Å². The summed E-state index contributed by atoms with van der Waals surface area (Å²) in [4.78, 5) is 11.9. The van der Waals surface area contributed by atoms with Crippen molar-refractivity contribution >= 4 is 18.3 Å². The van der Waals surface area contributed by atoms with Crippen LogP contribution in [0.3, 0.4) is 0 Å². The van der Waals surface area contributed by atoms with Gasteiger partial charge in [0.2, 0.25) is 5.91 Å². The monoisotopic (exact) mass is 312 g/mol. The number of carbonyl (C=O) groups excluding carboxylic acids is 1. The second-order valence-electron chi connectivity index (χ2n) is 5.60. The maximum absolute atomic E-state index is 11.9.